The van der Waals surface area contributed by atoms with Crippen LogP contribution in [0.15, 0.2) is 22.7 Å². The number of benzene rings is 1. The molecule has 0 aliphatic carbocycles. The molecule has 0 spiro atoms. The van der Waals surface area contributed by atoms with Crippen molar-refractivity contribution in [2.75, 3.05) is 0 Å². The maximum Gasteiger partial charge on any atom is 0.139 e. The summed E-state index contributed by atoms with van der Waals surface area (Å²) in [6.45, 7) is 0. The average molecular weight is 185 g/mol. The Hall–Kier alpha value is -0.435. The van der Waals surface area contributed by atoms with Crippen LogP contribution in [0.3, 0.4) is 0 Å². The molecule has 0 radical (unpaired) electrons. The van der Waals surface area contributed by atoms with E-state index in [2.05, 4.69) is 15.9 Å². The van der Waals surface area contributed by atoms with Crippen molar-refractivity contribution in [3.8, 4) is 5.75 Å². The van der Waals surface area contributed by atoms with Gasteiger partial charge in [0.05, 0.1) is 0 Å². The van der Waals surface area contributed by atoms with E-state index in [1.165, 1.54) is 0 Å². The van der Waals surface area contributed by atoms with Gasteiger partial charge in [-0.25, -0.2) is 0 Å². The first-order valence-electron chi connectivity index (χ1n) is 2.64. The Bertz CT molecular complexity index is 174. The van der Waals surface area contributed by atoms with Crippen LogP contribution in [-0.2, 0) is 0 Å². The van der Waals surface area contributed by atoms with Crippen LogP contribution in [0.2, 0.25) is 0 Å². The second-order valence-corrected chi connectivity index (χ2v) is 2.90. The van der Waals surface area contributed by atoms with E-state index in [1.807, 2.05) is 13.9 Å². The minimum absolute atomic E-state index is 0.307. The molecule has 3 heteroatoms. The number of phenolic OH excluding ortho intramolecular Hbond substituents is 1. The minimum atomic E-state index is 0.307. The monoisotopic (exact) mass is 184 g/mol. The van der Waals surface area contributed by atoms with Gasteiger partial charge < -0.3 is 5.11 Å². The summed E-state index contributed by atoms with van der Waals surface area (Å²) in [6, 6.07) is 5.32. The third-order valence-electron chi connectivity index (χ3n) is 1.03. The van der Waals surface area contributed by atoms with E-state index in [9.17, 15) is 0 Å². The van der Waals surface area contributed by atoms with Crippen LogP contribution < -0.4 is 5.46 Å². The van der Waals surface area contributed by atoms with E-state index in [-0.39, 0.29) is 0 Å². The maximum absolute atomic E-state index is 8.96. The first-order valence-corrected chi connectivity index (χ1v) is 3.44. The molecule has 0 atom stereocenters. The Morgan fingerprint density at radius 3 is 2.44 bits per heavy atom. The molecular weight excluding hydrogens is 179 g/mol. The van der Waals surface area contributed by atoms with Crippen molar-refractivity contribution in [1.29, 1.82) is 0 Å². The standard InChI is InChI=1S/C6H6BBrO/c7-4-1-5(8)3-6(9)2-4/h1-3,9H,7H2. The highest BCUT2D eigenvalue weighted by Gasteiger charge is 1.90. The molecule has 0 aliphatic heterocycles. The van der Waals surface area contributed by atoms with Gasteiger partial charge in [0.25, 0.3) is 0 Å². The lowest BCUT2D eigenvalue weighted by Gasteiger charge is -1.94. The van der Waals surface area contributed by atoms with Gasteiger partial charge in [0, 0.05) is 4.47 Å². The molecule has 0 saturated heterocycles. The summed E-state index contributed by atoms with van der Waals surface area (Å²) in [5.74, 6) is 0.307. The highest BCUT2D eigenvalue weighted by Crippen LogP contribution is 2.13. The maximum atomic E-state index is 8.96. The van der Waals surface area contributed by atoms with Gasteiger partial charge in [-0.05, 0) is 12.1 Å². The van der Waals surface area contributed by atoms with Gasteiger partial charge in [0.1, 0.15) is 13.6 Å². The summed E-state index contributed by atoms with van der Waals surface area (Å²) in [6.07, 6.45) is 0. The lowest BCUT2D eigenvalue weighted by molar-refractivity contribution is 0.475. The lowest BCUT2D eigenvalue weighted by atomic mass is 9.96. The Labute approximate surface area is 63.2 Å². The van der Waals surface area contributed by atoms with Gasteiger partial charge in [-0.2, -0.15) is 0 Å². The fourth-order valence-corrected chi connectivity index (χ4v) is 1.31. The zero-order valence-electron chi connectivity index (χ0n) is 5.06. The Kier molecular flexibility index (Phi) is 1.81. The molecule has 0 aliphatic rings. The number of hydrogen-bond acceptors (Lipinski definition) is 1. The lowest BCUT2D eigenvalue weighted by Crippen LogP contribution is -1.99. The SMILES string of the molecule is Bc1cc(O)cc(Br)c1. The van der Waals surface area contributed by atoms with Crippen LogP contribution in [0.5, 0.6) is 5.75 Å². The molecule has 0 saturated carbocycles. The Balaban J connectivity index is 3.17. The van der Waals surface area contributed by atoms with Crippen LogP contribution in [-0.4, -0.2) is 13.0 Å². The summed E-state index contributed by atoms with van der Waals surface area (Å²) >= 11 is 3.25. The van der Waals surface area contributed by atoms with E-state index in [1.54, 1.807) is 12.1 Å². The van der Waals surface area contributed by atoms with Crippen molar-refractivity contribution in [3.63, 3.8) is 0 Å². The topological polar surface area (TPSA) is 20.2 Å². The molecular formula is C6H6BBrO. The normalized spacial score (nSPS) is 9.44. The van der Waals surface area contributed by atoms with E-state index in [4.69, 9.17) is 5.11 Å². The van der Waals surface area contributed by atoms with Crippen LogP contribution in [0, 0.1) is 0 Å². The first-order chi connectivity index (χ1) is 4.18. The molecule has 0 bridgehead atoms. The molecule has 9 heavy (non-hydrogen) atoms. The molecule has 1 aromatic rings. The molecule has 1 nitrogen and oxygen atoms in total. The fraction of sp³-hybridized carbons (Fsp3) is 0. The number of aromatic hydroxyl groups is 1. The van der Waals surface area contributed by atoms with Crippen molar-refractivity contribution < 1.29 is 5.11 Å². The van der Waals surface area contributed by atoms with Crippen molar-refractivity contribution in [3.05, 3.63) is 22.7 Å². The Morgan fingerprint density at radius 1 is 1.33 bits per heavy atom. The first kappa shape index (κ1) is 6.68. The van der Waals surface area contributed by atoms with E-state index < -0.39 is 0 Å². The van der Waals surface area contributed by atoms with Gasteiger partial charge in [0.15, 0.2) is 0 Å². The molecule has 0 aromatic heterocycles. The van der Waals surface area contributed by atoms with Gasteiger partial charge in [0.2, 0.25) is 0 Å². The molecule has 1 N–H and O–H groups in total. The van der Waals surface area contributed by atoms with Crippen molar-refractivity contribution in [2.45, 2.75) is 0 Å². The summed E-state index contributed by atoms with van der Waals surface area (Å²) in [5, 5.41) is 8.96. The van der Waals surface area contributed by atoms with Crippen LogP contribution in [0.4, 0.5) is 0 Å². The highest BCUT2D eigenvalue weighted by molar-refractivity contribution is 9.10. The van der Waals surface area contributed by atoms with Gasteiger partial charge in [-0.15, -0.1) is 0 Å². The number of rotatable bonds is 0. The molecule has 0 fully saturated rings. The predicted octanol–water partition coefficient (Wildman–Crippen LogP) is 0.413. The quantitative estimate of drug-likeness (QED) is 0.580. The molecule has 46 valence electrons. The van der Waals surface area contributed by atoms with Gasteiger partial charge in [-0.1, -0.05) is 27.5 Å². The number of hydrogen-bond donors (Lipinski definition) is 1. The van der Waals surface area contributed by atoms with Crippen LogP contribution >= 0.6 is 15.9 Å². The molecule has 0 unspecified atom stereocenters. The summed E-state index contributed by atoms with van der Waals surface area (Å²) in [5.41, 5.74) is 1.06. The fourth-order valence-electron chi connectivity index (χ4n) is 0.717. The molecule has 0 amide bonds. The smallest absolute Gasteiger partial charge is 0.139 e. The molecule has 0 heterocycles. The van der Waals surface area contributed by atoms with Crippen LogP contribution in [0.25, 0.3) is 0 Å². The molecule has 1 aromatic carbocycles. The zero-order valence-corrected chi connectivity index (χ0v) is 6.64. The summed E-state index contributed by atoms with van der Waals surface area (Å²) in [7, 11) is 1.94. The van der Waals surface area contributed by atoms with Crippen molar-refractivity contribution in [1.82, 2.24) is 0 Å². The Morgan fingerprint density at radius 2 is 2.00 bits per heavy atom. The number of phenols is 1. The van der Waals surface area contributed by atoms with Gasteiger partial charge in [-0.3, -0.25) is 0 Å². The van der Waals surface area contributed by atoms with E-state index in [0.29, 0.717) is 5.75 Å². The average Bonchev–Trinajstić information content (AvgIpc) is 1.59. The summed E-state index contributed by atoms with van der Waals surface area (Å²) < 4.78 is 0.917. The van der Waals surface area contributed by atoms with Crippen molar-refractivity contribution >= 4 is 29.2 Å². The predicted molar refractivity (Wildman–Crippen MR) is 44.0 cm³/mol. The third-order valence-corrected chi connectivity index (χ3v) is 1.48. The zero-order chi connectivity index (χ0) is 6.85. The highest BCUT2D eigenvalue weighted by atomic mass is 79.9. The van der Waals surface area contributed by atoms with E-state index >= 15 is 0 Å². The summed E-state index contributed by atoms with van der Waals surface area (Å²) in [4.78, 5) is 0. The second kappa shape index (κ2) is 2.44. The van der Waals surface area contributed by atoms with Gasteiger partial charge >= 0.3 is 0 Å². The third kappa shape index (κ3) is 1.75. The second-order valence-electron chi connectivity index (χ2n) is 1.99. The minimum Gasteiger partial charge on any atom is -0.508 e. The molecule has 1 rings (SSSR count). The number of halogens is 1. The largest absolute Gasteiger partial charge is 0.508 e. The van der Waals surface area contributed by atoms with Crippen LogP contribution in [0.1, 0.15) is 0 Å². The van der Waals surface area contributed by atoms with Crippen molar-refractivity contribution in [2.24, 2.45) is 0 Å². The van der Waals surface area contributed by atoms with E-state index in [0.717, 1.165) is 9.94 Å².